The van der Waals surface area contributed by atoms with Gasteiger partial charge >= 0.3 is 0 Å². The molecule has 0 bridgehead atoms. The SMILES string of the molecule is C=C1C(=O)C2(F)C(C)(C)C(=O)C=CC2(C)c2cc(OC)ccc21.C=C1C(=O)C2(O)C(C)(C)C(=O)C=CC2(C)c2cc(OC)ccc21. The van der Waals surface area contributed by atoms with Crippen molar-refractivity contribution in [1.82, 2.24) is 0 Å². The average Bonchev–Trinajstić information content (AvgIpc) is 3.04. The minimum Gasteiger partial charge on any atom is -0.497 e. The number of hydrogen-bond acceptors (Lipinski definition) is 7. The standard InChI is InChI=1S/C19H19FO3.C19H20O4/c1-11-13-7-6-12(23-5)10-14(13)18(4)9-8-15(21)17(2,3)19(18,20)16(11)22;1-11-13-7-6-12(23-5)10-14(13)18(4)9-8-15(20)17(2,3)19(18,22)16(11)21/h6-10H,1H2,2-5H3;6-10,22H,1H2,2-5H3. The number of rotatable bonds is 2. The van der Waals surface area contributed by atoms with E-state index in [0.29, 0.717) is 28.2 Å². The first-order valence-electron chi connectivity index (χ1n) is 15.0. The van der Waals surface area contributed by atoms with E-state index in [1.165, 1.54) is 39.2 Å². The van der Waals surface area contributed by atoms with E-state index >= 15 is 4.39 Å². The highest BCUT2D eigenvalue weighted by atomic mass is 19.1. The molecule has 4 aliphatic carbocycles. The Balaban J connectivity index is 0.000000181. The van der Waals surface area contributed by atoms with Crippen molar-refractivity contribution in [2.24, 2.45) is 10.8 Å². The molecular weight excluding hydrogens is 587 g/mol. The fourth-order valence-corrected chi connectivity index (χ4v) is 7.74. The van der Waals surface area contributed by atoms with Crippen LogP contribution in [0.5, 0.6) is 11.5 Å². The number of fused-ring (bicyclic) bond motifs is 6. The monoisotopic (exact) mass is 626 g/mol. The molecule has 0 fully saturated rings. The van der Waals surface area contributed by atoms with Gasteiger partial charge in [-0.05, 0) is 100 Å². The molecular formula is C38H39FO7. The van der Waals surface area contributed by atoms with E-state index in [9.17, 15) is 24.3 Å². The van der Waals surface area contributed by atoms with Crippen LogP contribution in [-0.2, 0) is 30.0 Å². The van der Waals surface area contributed by atoms with E-state index in [-0.39, 0.29) is 16.9 Å². The van der Waals surface area contributed by atoms with Gasteiger partial charge in [-0.1, -0.05) is 37.4 Å². The normalized spacial score (nSPS) is 31.6. The van der Waals surface area contributed by atoms with Gasteiger partial charge in [-0.2, -0.15) is 0 Å². The van der Waals surface area contributed by atoms with E-state index in [1.807, 2.05) is 0 Å². The van der Waals surface area contributed by atoms with Gasteiger partial charge in [0, 0.05) is 16.6 Å². The Bertz CT molecular complexity index is 1710. The molecule has 240 valence electrons. The van der Waals surface area contributed by atoms with Crippen molar-refractivity contribution in [2.45, 2.75) is 63.6 Å². The lowest BCUT2D eigenvalue weighted by molar-refractivity contribution is -0.165. The number of carbonyl (C=O) groups excluding carboxylic acids is 4. The zero-order chi connectivity index (χ0) is 34.4. The first-order valence-corrected chi connectivity index (χ1v) is 15.0. The van der Waals surface area contributed by atoms with Crippen LogP contribution in [-0.4, -0.2) is 53.7 Å². The number of halogens is 1. The molecule has 2 aromatic rings. The van der Waals surface area contributed by atoms with Crippen LogP contribution in [0.15, 0.2) is 73.9 Å². The molecule has 0 aliphatic heterocycles. The molecule has 0 saturated carbocycles. The van der Waals surface area contributed by atoms with E-state index in [1.54, 1.807) is 77.3 Å². The molecule has 0 amide bonds. The molecule has 7 nitrogen and oxygen atoms in total. The van der Waals surface area contributed by atoms with Crippen molar-refractivity contribution >= 4 is 34.3 Å². The van der Waals surface area contributed by atoms with E-state index in [4.69, 9.17) is 9.47 Å². The highest BCUT2D eigenvalue weighted by molar-refractivity contribution is 6.30. The lowest BCUT2D eigenvalue weighted by Gasteiger charge is -2.55. The molecule has 0 heterocycles. The Labute approximate surface area is 268 Å². The maximum absolute atomic E-state index is 16.3. The lowest BCUT2D eigenvalue weighted by atomic mass is 9.48. The maximum atomic E-state index is 16.3. The second kappa shape index (κ2) is 10.0. The summed E-state index contributed by atoms with van der Waals surface area (Å²) in [6, 6.07) is 10.5. The Morgan fingerprint density at radius 1 is 0.652 bits per heavy atom. The lowest BCUT2D eigenvalue weighted by Crippen LogP contribution is -2.69. The maximum Gasteiger partial charge on any atom is 0.202 e. The number of ether oxygens (including phenoxy) is 2. The number of alkyl halides is 1. The quantitative estimate of drug-likeness (QED) is 0.416. The van der Waals surface area contributed by atoms with Crippen molar-refractivity contribution < 1.29 is 38.1 Å². The topological polar surface area (TPSA) is 107 Å². The minimum absolute atomic E-state index is 0.0961. The molecule has 46 heavy (non-hydrogen) atoms. The van der Waals surface area contributed by atoms with Gasteiger partial charge in [0.25, 0.3) is 0 Å². The second-order valence-corrected chi connectivity index (χ2v) is 13.9. The molecule has 2 aromatic carbocycles. The van der Waals surface area contributed by atoms with Crippen molar-refractivity contribution in [3.63, 3.8) is 0 Å². The molecule has 0 radical (unpaired) electrons. The van der Waals surface area contributed by atoms with Gasteiger partial charge in [-0.15, -0.1) is 0 Å². The minimum atomic E-state index is -2.39. The molecule has 4 atom stereocenters. The van der Waals surface area contributed by atoms with Crippen molar-refractivity contribution in [3.05, 3.63) is 96.1 Å². The van der Waals surface area contributed by atoms with Crippen molar-refractivity contribution in [1.29, 1.82) is 0 Å². The summed E-state index contributed by atoms with van der Waals surface area (Å²) >= 11 is 0. The third-order valence-corrected chi connectivity index (χ3v) is 11.0. The Hall–Kier alpha value is -4.43. The fraction of sp³-hybridized carbons (Fsp3) is 0.368. The first kappa shape index (κ1) is 32.9. The molecule has 1 N–H and O–H groups in total. The van der Waals surface area contributed by atoms with Crippen LogP contribution in [0, 0.1) is 10.8 Å². The number of allylic oxidation sites excluding steroid dienone is 4. The van der Waals surface area contributed by atoms with Gasteiger partial charge in [0.1, 0.15) is 11.5 Å². The summed E-state index contributed by atoms with van der Waals surface area (Å²) in [5.74, 6) is -0.703. The van der Waals surface area contributed by atoms with E-state index in [2.05, 4.69) is 13.2 Å². The van der Waals surface area contributed by atoms with Crippen LogP contribution in [0.3, 0.4) is 0 Å². The van der Waals surface area contributed by atoms with Crippen LogP contribution in [0.2, 0.25) is 0 Å². The van der Waals surface area contributed by atoms with Crippen LogP contribution in [0.25, 0.3) is 11.1 Å². The predicted octanol–water partition coefficient (Wildman–Crippen LogP) is 5.87. The van der Waals surface area contributed by atoms with Crippen molar-refractivity contribution in [3.8, 4) is 11.5 Å². The van der Waals surface area contributed by atoms with E-state index in [0.717, 1.165) is 5.56 Å². The van der Waals surface area contributed by atoms with Crippen LogP contribution in [0.4, 0.5) is 4.39 Å². The van der Waals surface area contributed by atoms with Gasteiger partial charge in [0.05, 0.1) is 30.5 Å². The average molecular weight is 627 g/mol. The number of ketones is 4. The summed E-state index contributed by atoms with van der Waals surface area (Å²) in [6.45, 7) is 17.2. The molecule has 4 aliphatic rings. The Morgan fingerprint density at radius 2 is 1.07 bits per heavy atom. The fourth-order valence-electron chi connectivity index (χ4n) is 7.74. The Kier molecular flexibility index (Phi) is 7.19. The molecule has 4 unspecified atom stereocenters. The molecule has 0 aromatic heterocycles. The number of hydrogen-bond donors (Lipinski definition) is 1. The largest absolute Gasteiger partial charge is 0.497 e. The highest BCUT2D eigenvalue weighted by Gasteiger charge is 2.70. The predicted molar refractivity (Wildman–Crippen MR) is 173 cm³/mol. The number of Topliss-reactive ketones (excluding diaryl/α,β-unsaturated/α-hetero) is 2. The summed E-state index contributed by atoms with van der Waals surface area (Å²) in [6.07, 6.45) is 5.97. The number of carbonyl (C=O) groups is 4. The second-order valence-electron chi connectivity index (χ2n) is 13.9. The summed E-state index contributed by atoms with van der Waals surface area (Å²) in [4.78, 5) is 50.5. The number of methoxy groups -OCH3 is 2. The smallest absolute Gasteiger partial charge is 0.202 e. The molecule has 0 spiro atoms. The van der Waals surface area contributed by atoms with Crippen LogP contribution in [0.1, 0.15) is 63.8 Å². The zero-order valence-electron chi connectivity index (χ0n) is 27.5. The number of benzene rings is 2. The number of aliphatic hydroxyl groups is 1. The third-order valence-electron chi connectivity index (χ3n) is 11.0. The van der Waals surface area contributed by atoms with Gasteiger partial charge in [0.2, 0.25) is 5.78 Å². The van der Waals surface area contributed by atoms with Crippen LogP contribution >= 0.6 is 0 Å². The van der Waals surface area contributed by atoms with Gasteiger partial charge in [0.15, 0.2) is 28.6 Å². The first-order chi connectivity index (χ1) is 21.2. The van der Waals surface area contributed by atoms with Gasteiger partial charge in [-0.25, -0.2) is 4.39 Å². The van der Waals surface area contributed by atoms with Crippen molar-refractivity contribution in [2.75, 3.05) is 14.2 Å². The Morgan fingerprint density at radius 3 is 1.54 bits per heavy atom. The molecule has 6 rings (SSSR count). The summed E-state index contributed by atoms with van der Waals surface area (Å²) in [5.41, 5.74) is -6.35. The molecule has 8 heteroatoms. The van der Waals surface area contributed by atoms with Crippen LogP contribution < -0.4 is 9.47 Å². The summed E-state index contributed by atoms with van der Waals surface area (Å²) in [7, 11) is 3.09. The summed E-state index contributed by atoms with van der Waals surface area (Å²) in [5, 5.41) is 11.5. The van der Waals surface area contributed by atoms with Gasteiger partial charge < -0.3 is 14.6 Å². The summed E-state index contributed by atoms with van der Waals surface area (Å²) < 4.78 is 26.8. The van der Waals surface area contributed by atoms with E-state index < -0.39 is 50.3 Å². The zero-order valence-corrected chi connectivity index (χ0v) is 27.5. The van der Waals surface area contributed by atoms with Gasteiger partial charge in [-0.3, -0.25) is 19.2 Å². The highest BCUT2D eigenvalue weighted by Crippen LogP contribution is 2.60. The molecule has 0 saturated heterocycles. The third kappa shape index (κ3) is 3.73.